The molecule has 0 atom stereocenters. The molecule has 0 aliphatic heterocycles. The van der Waals surface area contributed by atoms with E-state index in [1.165, 1.54) is 69.3 Å². The summed E-state index contributed by atoms with van der Waals surface area (Å²) in [6.07, 6.45) is 13.8. The third kappa shape index (κ3) is 26.2. The summed E-state index contributed by atoms with van der Waals surface area (Å²) in [5, 5.41) is 16.8. The van der Waals surface area contributed by atoms with Gasteiger partial charge in [0.25, 0.3) is 0 Å². The molecule has 0 aliphatic rings. The third-order valence-electron chi connectivity index (χ3n) is 3.01. The molecule has 114 valence electrons. The molecule has 0 amide bonds. The number of aliphatic carboxylic acids is 2. The second-order valence-corrected chi connectivity index (χ2v) is 5.15. The SMILES string of the molecule is O=C(O)CC(=O)O.[Li][CH2]CCCCCCCCCCC. The third-order valence-corrected chi connectivity index (χ3v) is 3.01. The molecule has 4 nitrogen and oxygen atoms in total. The Balaban J connectivity index is 0. The summed E-state index contributed by atoms with van der Waals surface area (Å²) in [7, 11) is 0. The Kier molecular flexibility index (Phi) is 20.2. The average molecular weight is 280 g/mol. The normalized spacial score (nSPS) is 9.75. The van der Waals surface area contributed by atoms with Crippen LogP contribution < -0.4 is 0 Å². The molecule has 0 spiro atoms. The van der Waals surface area contributed by atoms with Crippen molar-refractivity contribution in [3.8, 4) is 0 Å². The van der Waals surface area contributed by atoms with Gasteiger partial charge in [0.15, 0.2) is 0 Å². The van der Waals surface area contributed by atoms with Gasteiger partial charge in [0, 0.05) is 0 Å². The standard InChI is InChI=1S/C12H25.C3H4O4.Li/c1-3-5-7-9-11-12-10-8-6-4-2;4-2(5)1-3(6)7;/h1,3-12H2,2H3;1H2,(H,4,5)(H,6,7);. The molecule has 0 bridgehead atoms. The van der Waals surface area contributed by atoms with Crippen LogP contribution in [-0.4, -0.2) is 39.9 Å². The quantitative estimate of drug-likeness (QED) is 0.321. The van der Waals surface area contributed by atoms with Crippen LogP contribution in [0.25, 0.3) is 0 Å². The van der Waals surface area contributed by atoms with Gasteiger partial charge in [-0.05, 0) is 0 Å². The summed E-state index contributed by atoms with van der Waals surface area (Å²) in [5.74, 6) is -2.62. The number of hydrogen-bond donors (Lipinski definition) is 2. The summed E-state index contributed by atoms with van der Waals surface area (Å²) in [4.78, 5) is 18.9. The van der Waals surface area contributed by atoms with Gasteiger partial charge in [0.2, 0.25) is 0 Å². The monoisotopic (exact) mass is 280 g/mol. The molecular formula is C15H29LiO4. The second-order valence-electron chi connectivity index (χ2n) is 5.15. The van der Waals surface area contributed by atoms with Gasteiger partial charge in [-0.2, -0.15) is 0 Å². The fourth-order valence-corrected chi connectivity index (χ4v) is 1.87. The number of carboxylic acids is 2. The van der Waals surface area contributed by atoms with Crippen LogP contribution in [0, 0.1) is 0 Å². The van der Waals surface area contributed by atoms with Crippen LogP contribution in [0.2, 0.25) is 5.09 Å². The van der Waals surface area contributed by atoms with E-state index < -0.39 is 18.4 Å². The summed E-state index contributed by atoms with van der Waals surface area (Å²) in [6.45, 7) is 2.28. The van der Waals surface area contributed by atoms with Crippen LogP contribution in [0.5, 0.6) is 0 Å². The minimum atomic E-state index is -1.31. The van der Waals surface area contributed by atoms with E-state index >= 15 is 0 Å². The number of carboxylic acid groups (broad SMARTS) is 2. The molecule has 5 heteroatoms. The Labute approximate surface area is 132 Å². The van der Waals surface area contributed by atoms with Crippen LogP contribution in [-0.2, 0) is 9.59 Å². The van der Waals surface area contributed by atoms with Crippen molar-refractivity contribution in [1.82, 2.24) is 0 Å². The number of carbonyl (C=O) groups is 2. The van der Waals surface area contributed by atoms with Crippen LogP contribution >= 0.6 is 0 Å². The summed E-state index contributed by atoms with van der Waals surface area (Å²) in [6, 6.07) is 0. The van der Waals surface area contributed by atoms with Crippen molar-refractivity contribution >= 4 is 29.7 Å². The van der Waals surface area contributed by atoms with Crippen molar-refractivity contribution in [3.63, 3.8) is 0 Å². The van der Waals surface area contributed by atoms with Crippen LogP contribution in [0.15, 0.2) is 0 Å². The molecule has 2 N–H and O–H groups in total. The molecule has 0 heterocycles. The van der Waals surface area contributed by atoms with Crippen molar-refractivity contribution in [2.75, 3.05) is 0 Å². The zero-order chi connectivity index (χ0) is 15.6. The molecule has 0 fully saturated rings. The Bertz CT molecular complexity index is 210. The van der Waals surface area contributed by atoms with E-state index in [9.17, 15) is 9.59 Å². The Morgan fingerprint density at radius 3 is 1.35 bits per heavy atom. The minimum absolute atomic E-state index is 0.806. The van der Waals surface area contributed by atoms with Crippen molar-refractivity contribution in [2.45, 2.75) is 82.6 Å². The Hall–Kier alpha value is -0.463. The van der Waals surface area contributed by atoms with Crippen LogP contribution in [0.3, 0.4) is 0 Å². The Morgan fingerprint density at radius 1 is 0.750 bits per heavy atom. The van der Waals surface area contributed by atoms with E-state index in [2.05, 4.69) is 24.6 Å². The summed E-state index contributed by atoms with van der Waals surface area (Å²) in [5.41, 5.74) is 0. The zero-order valence-corrected chi connectivity index (χ0v) is 13.2. The first-order valence-electron chi connectivity index (χ1n) is 7.98. The molecule has 0 rings (SSSR count). The zero-order valence-electron chi connectivity index (χ0n) is 13.2. The molecule has 0 aromatic carbocycles. The maximum atomic E-state index is 9.43. The molecule has 0 saturated heterocycles. The molecule has 0 radical (unpaired) electrons. The molecule has 0 saturated carbocycles. The molecule has 0 aromatic rings. The van der Waals surface area contributed by atoms with Gasteiger partial charge in [-0.3, -0.25) is 9.59 Å². The van der Waals surface area contributed by atoms with Gasteiger partial charge in [0.05, 0.1) is 0 Å². The second kappa shape index (κ2) is 18.5. The van der Waals surface area contributed by atoms with Gasteiger partial charge in [0.1, 0.15) is 6.42 Å². The first-order valence-corrected chi connectivity index (χ1v) is 7.98. The van der Waals surface area contributed by atoms with Crippen LogP contribution in [0.1, 0.15) is 77.6 Å². The number of rotatable bonds is 12. The van der Waals surface area contributed by atoms with Gasteiger partial charge >= 0.3 is 106 Å². The predicted molar refractivity (Wildman–Crippen MR) is 82.3 cm³/mol. The number of hydrogen-bond acceptors (Lipinski definition) is 2. The van der Waals surface area contributed by atoms with E-state index in [1.54, 1.807) is 0 Å². The molecule has 0 aromatic heterocycles. The van der Waals surface area contributed by atoms with Crippen molar-refractivity contribution in [3.05, 3.63) is 0 Å². The first kappa shape index (κ1) is 21.8. The van der Waals surface area contributed by atoms with Crippen molar-refractivity contribution in [2.24, 2.45) is 0 Å². The topological polar surface area (TPSA) is 74.6 Å². The van der Waals surface area contributed by atoms with E-state index in [1.807, 2.05) is 0 Å². The van der Waals surface area contributed by atoms with Gasteiger partial charge in [-0.15, -0.1) is 0 Å². The molecule has 20 heavy (non-hydrogen) atoms. The molecule has 0 unspecified atom stereocenters. The van der Waals surface area contributed by atoms with Crippen LogP contribution in [0.4, 0.5) is 0 Å². The van der Waals surface area contributed by atoms with E-state index in [4.69, 9.17) is 10.2 Å². The summed E-state index contributed by atoms with van der Waals surface area (Å²) >= 11 is 2.28. The van der Waals surface area contributed by atoms with Gasteiger partial charge in [-0.25, -0.2) is 0 Å². The Morgan fingerprint density at radius 2 is 1.10 bits per heavy atom. The molecule has 0 aliphatic carbocycles. The maximum absolute atomic E-state index is 9.43. The van der Waals surface area contributed by atoms with E-state index in [-0.39, 0.29) is 0 Å². The predicted octanol–water partition coefficient (Wildman–Crippen LogP) is 4.04. The average Bonchev–Trinajstić information content (AvgIpc) is 2.36. The van der Waals surface area contributed by atoms with E-state index in [0.29, 0.717) is 0 Å². The first-order chi connectivity index (χ1) is 9.54. The fourth-order valence-electron chi connectivity index (χ4n) is 1.87. The molecular weight excluding hydrogens is 251 g/mol. The van der Waals surface area contributed by atoms with Gasteiger partial charge in [-0.1, -0.05) is 0 Å². The van der Waals surface area contributed by atoms with E-state index in [0.717, 1.165) is 0 Å². The number of unbranched alkanes of at least 4 members (excludes halogenated alkanes) is 9. The van der Waals surface area contributed by atoms with Crippen molar-refractivity contribution in [1.29, 1.82) is 0 Å². The van der Waals surface area contributed by atoms with Crippen molar-refractivity contribution < 1.29 is 19.8 Å². The fraction of sp³-hybridized carbons (Fsp3) is 0.867. The summed E-state index contributed by atoms with van der Waals surface area (Å²) < 4.78 is 0. The van der Waals surface area contributed by atoms with Gasteiger partial charge < -0.3 is 10.2 Å².